The molecule has 8 heteroatoms. The largest absolute Gasteiger partial charge is 0.454 e. The first-order chi connectivity index (χ1) is 13.1. The number of amides is 2. The molecule has 0 bridgehead atoms. The SMILES string of the molecule is CC(C(=O)N1CCN(C(=O)c2ccc3c(c2)OCO3)CC1)c1cncnc1. The van der Waals surface area contributed by atoms with Crippen LogP contribution in [-0.4, -0.2) is 64.6 Å². The van der Waals surface area contributed by atoms with Gasteiger partial charge in [-0.1, -0.05) is 0 Å². The molecule has 1 unspecified atom stereocenters. The molecule has 0 radical (unpaired) electrons. The van der Waals surface area contributed by atoms with Crippen LogP contribution in [0.25, 0.3) is 0 Å². The first kappa shape index (κ1) is 17.3. The van der Waals surface area contributed by atoms with E-state index in [1.54, 1.807) is 40.4 Å². The van der Waals surface area contributed by atoms with E-state index in [-0.39, 0.29) is 24.5 Å². The van der Waals surface area contributed by atoms with Crippen LogP contribution in [-0.2, 0) is 4.79 Å². The fourth-order valence-electron chi connectivity index (χ4n) is 3.29. The predicted molar refractivity (Wildman–Crippen MR) is 95.5 cm³/mol. The molecule has 1 aromatic carbocycles. The minimum Gasteiger partial charge on any atom is -0.454 e. The minimum atomic E-state index is -0.303. The van der Waals surface area contributed by atoms with Gasteiger partial charge in [0.1, 0.15) is 6.33 Å². The van der Waals surface area contributed by atoms with Crippen molar-refractivity contribution in [1.82, 2.24) is 19.8 Å². The minimum absolute atomic E-state index is 0.0278. The number of carbonyl (C=O) groups excluding carboxylic acids is 2. The van der Waals surface area contributed by atoms with E-state index in [0.29, 0.717) is 43.2 Å². The van der Waals surface area contributed by atoms with Crippen molar-refractivity contribution in [3.63, 3.8) is 0 Å². The molecule has 0 saturated carbocycles. The molecule has 8 nitrogen and oxygen atoms in total. The van der Waals surface area contributed by atoms with Crippen LogP contribution in [0.3, 0.4) is 0 Å². The van der Waals surface area contributed by atoms with E-state index in [0.717, 1.165) is 5.56 Å². The van der Waals surface area contributed by atoms with Gasteiger partial charge in [-0.25, -0.2) is 9.97 Å². The molecule has 1 saturated heterocycles. The van der Waals surface area contributed by atoms with Gasteiger partial charge in [0.15, 0.2) is 11.5 Å². The maximum atomic E-state index is 12.7. The van der Waals surface area contributed by atoms with Crippen LogP contribution in [0.15, 0.2) is 36.9 Å². The molecule has 2 aliphatic rings. The lowest BCUT2D eigenvalue weighted by atomic mass is 10.0. The molecule has 2 amide bonds. The van der Waals surface area contributed by atoms with E-state index in [2.05, 4.69) is 9.97 Å². The zero-order valence-corrected chi connectivity index (χ0v) is 15.0. The molecular weight excluding hydrogens is 348 g/mol. The second kappa shape index (κ2) is 7.22. The second-order valence-corrected chi connectivity index (χ2v) is 6.58. The molecule has 1 aromatic heterocycles. The second-order valence-electron chi connectivity index (χ2n) is 6.58. The van der Waals surface area contributed by atoms with Gasteiger partial charge >= 0.3 is 0 Å². The third-order valence-electron chi connectivity index (χ3n) is 4.95. The fourth-order valence-corrected chi connectivity index (χ4v) is 3.29. The van der Waals surface area contributed by atoms with Gasteiger partial charge in [0, 0.05) is 49.7 Å². The monoisotopic (exact) mass is 368 g/mol. The number of rotatable bonds is 3. The summed E-state index contributed by atoms with van der Waals surface area (Å²) >= 11 is 0. The topological polar surface area (TPSA) is 84.9 Å². The number of aromatic nitrogens is 2. The van der Waals surface area contributed by atoms with Crippen LogP contribution < -0.4 is 9.47 Å². The van der Waals surface area contributed by atoms with E-state index in [1.807, 2.05) is 6.92 Å². The molecule has 1 fully saturated rings. The summed E-state index contributed by atoms with van der Waals surface area (Å²) in [5.74, 6) is 0.904. The van der Waals surface area contributed by atoms with E-state index in [1.165, 1.54) is 6.33 Å². The Kier molecular flexibility index (Phi) is 4.62. The van der Waals surface area contributed by atoms with Gasteiger partial charge in [0.05, 0.1) is 5.92 Å². The molecule has 3 heterocycles. The lowest BCUT2D eigenvalue weighted by Gasteiger charge is -2.36. The number of piperazine rings is 1. The average Bonchev–Trinajstić information content (AvgIpc) is 3.21. The summed E-state index contributed by atoms with van der Waals surface area (Å²) in [6.45, 7) is 4.04. The highest BCUT2D eigenvalue weighted by atomic mass is 16.7. The van der Waals surface area contributed by atoms with E-state index in [4.69, 9.17) is 9.47 Å². The van der Waals surface area contributed by atoms with E-state index in [9.17, 15) is 9.59 Å². The van der Waals surface area contributed by atoms with Gasteiger partial charge in [-0.15, -0.1) is 0 Å². The molecule has 2 aromatic rings. The Bertz CT molecular complexity index is 850. The highest BCUT2D eigenvalue weighted by molar-refractivity contribution is 5.95. The van der Waals surface area contributed by atoms with Crippen LogP contribution in [0.2, 0.25) is 0 Å². The number of hydrogen-bond donors (Lipinski definition) is 0. The van der Waals surface area contributed by atoms with Crippen molar-refractivity contribution in [3.05, 3.63) is 48.0 Å². The average molecular weight is 368 g/mol. The smallest absolute Gasteiger partial charge is 0.254 e. The molecule has 27 heavy (non-hydrogen) atoms. The van der Waals surface area contributed by atoms with Crippen molar-refractivity contribution in [1.29, 1.82) is 0 Å². The molecule has 2 aliphatic heterocycles. The van der Waals surface area contributed by atoms with Crippen LogP contribution >= 0.6 is 0 Å². The summed E-state index contributed by atoms with van der Waals surface area (Å²) in [6, 6.07) is 5.20. The van der Waals surface area contributed by atoms with E-state index < -0.39 is 0 Å². The van der Waals surface area contributed by atoms with Crippen molar-refractivity contribution in [2.45, 2.75) is 12.8 Å². The normalized spacial score (nSPS) is 16.9. The zero-order valence-electron chi connectivity index (χ0n) is 15.0. The number of fused-ring (bicyclic) bond motifs is 1. The summed E-state index contributed by atoms with van der Waals surface area (Å²) in [5, 5.41) is 0. The van der Waals surface area contributed by atoms with Crippen LogP contribution in [0.4, 0.5) is 0 Å². The lowest BCUT2D eigenvalue weighted by molar-refractivity contribution is -0.133. The van der Waals surface area contributed by atoms with Gasteiger partial charge in [0.25, 0.3) is 5.91 Å². The fraction of sp³-hybridized carbons (Fsp3) is 0.368. The summed E-state index contributed by atoms with van der Waals surface area (Å²) < 4.78 is 10.6. The van der Waals surface area contributed by atoms with Crippen LogP contribution in [0.1, 0.15) is 28.8 Å². The van der Waals surface area contributed by atoms with Crippen molar-refractivity contribution < 1.29 is 19.1 Å². The molecule has 140 valence electrons. The van der Waals surface area contributed by atoms with Crippen LogP contribution in [0, 0.1) is 0 Å². The maximum Gasteiger partial charge on any atom is 0.254 e. The number of benzene rings is 1. The molecule has 1 atom stereocenters. The summed E-state index contributed by atoms with van der Waals surface area (Å²) in [5.41, 5.74) is 1.36. The quantitative estimate of drug-likeness (QED) is 0.812. The lowest BCUT2D eigenvalue weighted by Crippen LogP contribution is -2.51. The van der Waals surface area contributed by atoms with Gasteiger partial charge < -0.3 is 19.3 Å². The van der Waals surface area contributed by atoms with Gasteiger partial charge in [-0.3, -0.25) is 9.59 Å². The number of hydrogen-bond acceptors (Lipinski definition) is 6. The Balaban J connectivity index is 1.37. The molecular formula is C19H20N4O4. The Hall–Kier alpha value is -3.16. The Morgan fingerprint density at radius 1 is 1.00 bits per heavy atom. The van der Waals surface area contributed by atoms with Crippen molar-refractivity contribution >= 4 is 11.8 Å². The standard InChI is InChI=1S/C19H20N4O4/c1-13(15-9-20-11-21-10-15)18(24)22-4-6-23(7-5-22)19(25)14-2-3-16-17(8-14)27-12-26-16/h2-3,8-11,13H,4-7,12H2,1H3. The Morgan fingerprint density at radius 3 is 2.41 bits per heavy atom. The van der Waals surface area contributed by atoms with Gasteiger partial charge in [0.2, 0.25) is 12.7 Å². The highest BCUT2D eigenvalue weighted by Gasteiger charge is 2.28. The molecule has 4 rings (SSSR count). The zero-order chi connectivity index (χ0) is 18.8. The summed E-state index contributed by atoms with van der Waals surface area (Å²) in [4.78, 5) is 37.0. The van der Waals surface area contributed by atoms with E-state index >= 15 is 0 Å². The maximum absolute atomic E-state index is 12.7. The van der Waals surface area contributed by atoms with Crippen molar-refractivity contribution in [3.8, 4) is 11.5 Å². The third kappa shape index (κ3) is 3.42. The number of carbonyl (C=O) groups is 2. The number of ether oxygens (including phenoxy) is 2. The first-order valence-corrected chi connectivity index (χ1v) is 8.86. The van der Waals surface area contributed by atoms with Gasteiger partial charge in [-0.05, 0) is 25.1 Å². The third-order valence-corrected chi connectivity index (χ3v) is 4.95. The number of nitrogens with zero attached hydrogens (tertiary/aromatic N) is 4. The van der Waals surface area contributed by atoms with Crippen molar-refractivity contribution in [2.75, 3.05) is 33.0 Å². The summed E-state index contributed by atoms with van der Waals surface area (Å²) in [6.07, 6.45) is 4.77. The first-order valence-electron chi connectivity index (χ1n) is 8.86. The van der Waals surface area contributed by atoms with Gasteiger partial charge in [-0.2, -0.15) is 0 Å². The highest BCUT2D eigenvalue weighted by Crippen LogP contribution is 2.32. The molecule has 0 spiro atoms. The molecule has 0 N–H and O–H groups in total. The van der Waals surface area contributed by atoms with Crippen molar-refractivity contribution in [2.24, 2.45) is 0 Å². The van der Waals surface area contributed by atoms with Crippen LogP contribution in [0.5, 0.6) is 11.5 Å². The predicted octanol–water partition coefficient (Wildman–Crippen LogP) is 1.29. The Labute approximate surface area is 156 Å². The molecule has 0 aliphatic carbocycles. The summed E-state index contributed by atoms with van der Waals surface area (Å²) in [7, 11) is 0. The Morgan fingerprint density at radius 2 is 1.67 bits per heavy atom.